The molecular formula is C11H13F2N3S. The highest BCUT2D eigenvalue weighted by Crippen LogP contribution is 2.15. The molecule has 0 unspecified atom stereocenters. The van der Waals surface area contributed by atoms with Crippen molar-refractivity contribution in [1.82, 2.24) is 10.4 Å². The molecule has 2 rings (SSSR count). The minimum atomic E-state index is -0.649. The maximum Gasteiger partial charge on any atom is 0.188 e. The molecule has 0 aromatic heterocycles. The van der Waals surface area contributed by atoms with Gasteiger partial charge in [0, 0.05) is 19.2 Å². The molecule has 1 saturated heterocycles. The average Bonchev–Trinajstić information content (AvgIpc) is 2.34. The smallest absolute Gasteiger partial charge is 0.188 e. The molecule has 1 fully saturated rings. The molecule has 1 aliphatic heterocycles. The number of nitrogens with one attached hydrogen (secondary N) is 2. The predicted molar refractivity (Wildman–Crippen MR) is 66.5 cm³/mol. The van der Waals surface area contributed by atoms with Crippen LogP contribution >= 0.6 is 12.2 Å². The zero-order chi connectivity index (χ0) is 12.3. The van der Waals surface area contributed by atoms with E-state index in [2.05, 4.69) is 10.7 Å². The van der Waals surface area contributed by atoms with E-state index < -0.39 is 11.6 Å². The largest absolute Gasteiger partial charge is 0.329 e. The number of hydrogen-bond acceptors (Lipinski definition) is 2. The van der Waals surface area contributed by atoms with Gasteiger partial charge in [0.15, 0.2) is 5.11 Å². The number of hydrogen-bond donors (Lipinski definition) is 2. The number of rotatable bonds is 1. The van der Waals surface area contributed by atoms with Gasteiger partial charge >= 0.3 is 0 Å². The number of hydrazine groups is 1. The summed E-state index contributed by atoms with van der Waals surface area (Å²) >= 11 is 5.14. The third-order valence-corrected chi connectivity index (χ3v) is 2.85. The van der Waals surface area contributed by atoms with Crippen molar-refractivity contribution in [1.29, 1.82) is 0 Å². The molecule has 1 aliphatic rings. The molecule has 0 spiro atoms. The van der Waals surface area contributed by atoms with E-state index in [4.69, 9.17) is 12.2 Å². The van der Waals surface area contributed by atoms with Crippen molar-refractivity contribution in [3.05, 3.63) is 29.8 Å². The minimum Gasteiger partial charge on any atom is -0.329 e. The normalized spacial score (nSPS) is 15.8. The number of halogens is 2. The molecule has 3 nitrogen and oxygen atoms in total. The Balaban J connectivity index is 2.02. The summed E-state index contributed by atoms with van der Waals surface area (Å²) in [7, 11) is 0. The molecule has 0 radical (unpaired) electrons. The highest BCUT2D eigenvalue weighted by molar-refractivity contribution is 7.80. The van der Waals surface area contributed by atoms with Gasteiger partial charge in [-0.25, -0.2) is 14.2 Å². The first-order valence-electron chi connectivity index (χ1n) is 5.44. The fraction of sp³-hybridized carbons (Fsp3) is 0.364. The third kappa shape index (κ3) is 3.10. The number of nitrogens with zero attached hydrogens (tertiary/aromatic N) is 1. The van der Waals surface area contributed by atoms with Crippen molar-refractivity contribution >= 4 is 23.0 Å². The second-order valence-electron chi connectivity index (χ2n) is 3.82. The van der Waals surface area contributed by atoms with Crippen LogP contribution in [0.5, 0.6) is 0 Å². The molecule has 6 heteroatoms. The van der Waals surface area contributed by atoms with Gasteiger partial charge < -0.3 is 5.32 Å². The molecule has 92 valence electrons. The van der Waals surface area contributed by atoms with Crippen LogP contribution in [0.4, 0.5) is 14.5 Å². The van der Waals surface area contributed by atoms with Crippen LogP contribution in [-0.2, 0) is 0 Å². The van der Waals surface area contributed by atoms with E-state index in [1.54, 1.807) is 5.01 Å². The molecule has 0 bridgehead atoms. The van der Waals surface area contributed by atoms with Crippen LogP contribution < -0.4 is 10.7 Å². The topological polar surface area (TPSA) is 27.3 Å². The standard InChI is InChI=1S/C11H13F2N3S/c12-8-3-4-10(9(13)7-8)15-11(17)16-6-2-1-5-14-16/h3-4,7,14H,1-2,5-6H2,(H,15,17). The minimum absolute atomic E-state index is 0.184. The molecule has 0 aliphatic carbocycles. The maximum atomic E-state index is 13.4. The summed E-state index contributed by atoms with van der Waals surface area (Å²) in [5.74, 6) is -1.25. The summed E-state index contributed by atoms with van der Waals surface area (Å²) in [5, 5.41) is 4.92. The lowest BCUT2D eigenvalue weighted by Crippen LogP contribution is -2.48. The van der Waals surface area contributed by atoms with Crippen LogP contribution in [0.2, 0.25) is 0 Å². The lowest BCUT2D eigenvalue weighted by atomic mass is 10.2. The Labute approximate surface area is 104 Å². The fourth-order valence-corrected chi connectivity index (χ4v) is 1.90. The highest BCUT2D eigenvalue weighted by atomic mass is 32.1. The van der Waals surface area contributed by atoms with Crippen molar-refractivity contribution in [3.8, 4) is 0 Å². The summed E-state index contributed by atoms with van der Waals surface area (Å²) in [6.45, 7) is 1.64. The van der Waals surface area contributed by atoms with Gasteiger partial charge in [-0.3, -0.25) is 5.01 Å². The van der Waals surface area contributed by atoms with Gasteiger partial charge in [-0.05, 0) is 37.2 Å². The van der Waals surface area contributed by atoms with Crippen molar-refractivity contribution in [2.45, 2.75) is 12.8 Å². The second-order valence-corrected chi connectivity index (χ2v) is 4.21. The Morgan fingerprint density at radius 2 is 2.18 bits per heavy atom. The van der Waals surface area contributed by atoms with E-state index in [1.165, 1.54) is 12.1 Å². The van der Waals surface area contributed by atoms with E-state index >= 15 is 0 Å². The summed E-state index contributed by atoms with van der Waals surface area (Å²) in [6, 6.07) is 3.35. The Bertz CT molecular complexity index is 419. The molecule has 17 heavy (non-hydrogen) atoms. The van der Waals surface area contributed by atoms with Gasteiger partial charge in [-0.2, -0.15) is 0 Å². The monoisotopic (exact) mass is 257 g/mol. The van der Waals surface area contributed by atoms with Gasteiger partial charge in [0.05, 0.1) is 5.69 Å². The van der Waals surface area contributed by atoms with E-state index in [0.717, 1.165) is 32.0 Å². The van der Waals surface area contributed by atoms with Crippen LogP contribution in [-0.4, -0.2) is 23.2 Å². The zero-order valence-corrected chi connectivity index (χ0v) is 9.99. The predicted octanol–water partition coefficient (Wildman–Crippen LogP) is 2.26. The third-order valence-electron chi connectivity index (χ3n) is 2.53. The van der Waals surface area contributed by atoms with Crippen molar-refractivity contribution in [2.24, 2.45) is 0 Å². The summed E-state index contributed by atoms with van der Waals surface area (Å²) in [4.78, 5) is 0. The Hall–Kier alpha value is -1.27. The number of thiocarbonyl (C=S) groups is 1. The molecular weight excluding hydrogens is 244 g/mol. The van der Waals surface area contributed by atoms with Gasteiger partial charge in [0.2, 0.25) is 0 Å². The maximum absolute atomic E-state index is 13.4. The molecule has 0 atom stereocenters. The summed E-state index contributed by atoms with van der Waals surface area (Å²) < 4.78 is 26.1. The lowest BCUT2D eigenvalue weighted by molar-refractivity contribution is 0.261. The number of benzene rings is 1. The van der Waals surface area contributed by atoms with Gasteiger partial charge in [0.25, 0.3) is 0 Å². The fourth-order valence-electron chi connectivity index (χ4n) is 1.63. The van der Waals surface area contributed by atoms with Crippen LogP contribution in [0.3, 0.4) is 0 Å². The Kier molecular flexibility index (Phi) is 3.86. The van der Waals surface area contributed by atoms with Gasteiger partial charge in [-0.15, -0.1) is 0 Å². The zero-order valence-electron chi connectivity index (χ0n) is 9.17. The molecule has 1 aromatic rings. The second kappa shape index (κ2) is 5.37. The summed E-state index contributed by atoms with van der Waals surface area (Å²) in [5.41, 5.74) is 3.29. The van der Waals surface area contributed by atoms with E-state index in [0.29, 0.717) is 5.11 Å². The van der Waals surface area contributed by atoms with E-state index in [1.807, 2.05) is 0 Å². The first-order valence-corrected chi connectivity index (χ1v) is 5.85. The molecule has 1 aromatic carbocycles. The molecule has 1 heterocycles. The lowest BCUT2D eigenvalue weighted by Gasteiger charge is -2.30. The highest BCUT2D eigenvalue weighted by Gasteiger charge is 2.14. The van der Waals surface area contributed by atoms with E-state index in [-0.39, 0.29) is 5.69 Å². The quantitative estimate of drug-likeness (QED) is 0.755. The van der Waals surface area contributed by atoms with Gasteiger partial charge in [-0.1, -0.05) is 0 Å². The first-order chi connectivity index (χ1) is 8.16. The van der Waals surface area contributed by atoms with Crippen LogP contribution in [0.25, 0.3) is 0 Å². The van der Waals surface area contributed by atoms with Crippen LogP contribution in [0, 0.1) is 11.6 Å². The Morgan fingerprint density at radius 3 is 2.82 bits per heavy atom. The van der Waals surface area contributed by atoms with Gasteiger partial charge in [0.1, 0.15) is 11.6 Å². The summed E-state index contributed by atoms with van der Waals surface area (Å²) in [6.07, 6.45) is 2.14. The van der Waals surface area contributed by atoms with Crippen molar-refractivity contribution in [2.75, 3.05) is 18.4 Å². The van der Waals surface area contributed by atoms with Crippen LogP contribution in [0.1, 0.15) is 12.8 Å². The SMILES string of the molecule is Fc1ccc(NC(=S)N2CCCCN2)c(F)c1. The van der Waals surface area contributed by atoms with E-state index in [9.17, 15) is 8.78 Å². The van der Waals surface area contributed by atoms with Crippen LogP contribution in [0.15, 0.2) is 18.2 Å². The molecule has 0 saturated carbocycles. The van der Waals surface area contributed by atoms with Crippen molar-refractivity contribution in [3.63, 3.8) is 0 Å². The average molecular weight is 257 g/mol. The first kappa shape index (κ1) is 12.2. The number of anilines is 1. The van der Waals surface area contributed by atoms with Crippen molar-refractivity contribution < 1.29 is 8.78 Å². The molecule has 0 amide bonds. The Morgan fingerprint density at radius 1 is 1.35 bits per heavy atom. The molecule has 2 N–H and O–H groups in total.